The third kappa shape index (κ3) is 12.8. The number of allylic oxidation sites excluding steroid dienone is 8. The van der Waals surface area contributed by atoms with Gasteiger partial charge in [0.15, 0.2) is 0 Å². The third-order valence-corrected chi connectivity index (χ3v) is 8.17. The van der Waals surface area contributed by atoms with Crippen LogP contribution >= 0.6 is 0 Å². The molecule has 0 fully saturated rings. The van der Waals surface area contributed by atoms with Gasteiger partial charge in [-0.2, -0.15) is 15.4 Å². The van der Waals surface area contributed by atoms with Crippen molar-refractivity contribution in [3.8, 4) is 11.4 Å². The smallest absolute Gasteiger partial charge is 0.204 e. The molecule has 1 aliphatic carbocycles. The van der Waals surface area contributed by atoms with Crippen molar-refractivity contribution in [2.45, 2.75) is 73.3 Å². The van der Waals surface area contributed by atoms with E-state index in [1.54, 1.807) is 13.2 Å². The van der Waals surface area contributed by atoms with E-state index in [0.717, 1.165) is 47.4 Å². The van der Waals surface area contributed by atoms with Crippen LogP contribution in [0.1, 0.15) is 77.5 Å². The summed E-state index contributed by atoms with van der Waals surface area (Å²) in [6.45, 7) is 28.9. The summed E-state index contributed by atoms with van der Waals surface area (Å²) in [5.74, 6) is 1.19. The van der Waals surface area contributed by atoms with Crippen LogP contribution in [0.3, 0.4) is 0 Å². The molecule has 1 unspecified atom stereocenters. The van der Waals surface area contributed by atoms with Crippen LogP contribution in [0.5, 0.6) is 0 Å². The van der Waals surface area contributed by atoms with E-state index in [-0.39, 0.29) is 6.04 Å². The lowest BCUT2D eigenvalue weighted by Crippen LogP contribution is -2.21. The van der Waals surface area contributed by atoms with Crippen LogP contribution in [0.4, 0.5) is 0 Å². The second-order valence-electron chi connectivity index (χ2n) is 12.5. The molecule has 4 rings (SSSR count). The molecule has 1 aromatic heterocycles. The molecule has 0 saturated carbocycles. The lowest BCUT2D eigenvalue weighted by Gasteiger charge is -2.23. The number of aromatic amines is 1. The van der Waals surface area contributed by atoms with E-state index >= 15 is 0 Å². The molecule has 9 nitrogen and oxygen atoms in total. The van der Waals surface area contributed by atoms with Crippen LogP contribution in [-0.2, 0) is 0 Å². The second-order valence-corrected chi connectivity index (χ2v) is 12.5. The van der Waals surface area contributed by atoms with Gasteiger partial charge in [-0.15, -0.1) is 10.2 Å². The standard InChI is InChI=1S/C22H30N6.C13H17N.C5H10N2/c1-8-21(24-18(6)15(3)11-14(2)12-17(5)23-7)20-10-9-19(13-16(20)4)22-25-27-28-26-22;1-4-11-5-7-12-9-10(2)14(3)13(12)8-6-11;1-5(2)4-7-6-3/h9-11,13,21,23-24H,3,5-6,8,12H2,1-2,4,7H3,(H,25,26,27,28);5-8,11H,2,4,9H2,1,3H3;4H,1-3H3/b14-11+;;/t21-;;/m0../s1. The zero-order valence-corrected chi connectivity index (χ0v) is 31.2. The molecule has 49 heavy (non-hydrogen) atoms. The Labute approximate surface area is 294 Å². The number of hydrogen-bond donors (Lipinski definition) is 3. The maximum absolute atomic E-state index is 4.18. The van der Waals surface area contributed by atoms with Crippen LogP contribution < -0.4 is 10.6 Å². The molecule has 1 aromatic carbocycles. The fourth-order valence-corrected chi connectivity index (χ4v) is 5.20. The lowest BCUT2D eigenvalue weighted by atomic mass is 9.96. The van der Waals surface area contributed by atoms with E-state index in [0.29, 0.717) is 11.7 Å². The molecule has 0 saturated heterocycles. The molecular weight excluding hydrogens is 607 g/mol. The van der Waals surface area contributed by atoms with Crippen molar-refractivity contribution < 1.29 is 0 Å². The molecule has 0 radical (unpaired) electrons. The van der Waals surface area contributed by atoms with Gasteiger partial charge in [0, 0.05) is 68.5 Å². The van der Waals surface area contributed by atoms with E-state index in [1.807, 2.05) is 27.0 Å². The van der Waals surface area contributed by atoms with Crippen molar-refractivity contribution in [3.05, 3.63) is 137 Å². The molecule has 3 N–H and O–H groups in total. The number of tetrazole rings is 1. The van der Waals surface area contributed by atoms with Gasteiger partial charge in [0.1, 0.15) is 0 Å². The quantitative estimate of drug-likeness (QED) is 0.154. The SMILES string of the molecule is C=C(C/C(C)=C/C(=C)C(=C)N[C@@H](CC)c1ccc(-c2nn[nH]n2)cc1C)NC.C=C1CC2=C(C=CC(CC)C=C2)N1C.CN=NC=C(C)C. The Bertz CT molecular complexity index is 1630. The Morgan fingerprint density at radius 3 is 2.41 bits per heavy atom. The summed E-state index contributed by atoms with van der Waals surface area (Å²) in [6, 6.07) is 6.35. The van der Waals surface area contributed by atoms with E-state index in [2.05, 4.69) is 150 Å². The molecule has 262 valence electrons. The molecule has 0 bridgehead atoms. The van der Waals surface area contributed by atoms with Crippen molar-refractivity contribution in [2.75, 3.05) is 21.1 Å². The Balaban J connectivity index is 0.000000325. The number of aromatic nitrogens is 4. The first-order valence-corrected chi connectivity index (χ1v) is 16.8. The average molecular weight is 664 g/mol. The molecule has 0 amide bonds. The topological polar surface area (TPSA) is 106 Å². The maximum Gasteiger partial charge on any atom is 0.204 e. The lowest BCUT2D eigenvalue weighted by molar-refractivity contribution is 0.557. The van der Waals surface area contributed by atoms with Crippen molar-refractivity contribution in [2.24, 2.45) is 16.1 Å². The highest BCUT2D eigenvalue weighted by molar-refractivity contribution is 5.57. The number of likely N-dealkylation sites (N-methyl/N-ethyl adjacent to an activating group) is 1. The van der Waals surface area contributed by atoms with E-state index in [9.17, 15) is 0 Å². The summed E-state index contributed by atoms with van der Waals surface area (Å²) in [4.78, 5) is 2.19. The highest BCUT2D eigenvalue weighted by Gasteiger charge is 2.20. The van der Waals surface area contributed by atoms with Crippen LogP contribution in [0.25, 0.3) is 11.4 Å². The summed E-state index contributed by atoms with van der Waals surface area (Å²) in [7, 11) is 5.62. The van der Waals surface area contributed by atoms with Crippen LogP contribution in [-0.4, -0.2) is 46.7 Å². The summed E-state index contributed by atoms with van der Waals surface area (Å²) < 4.78 is 0. The van der Waals surface area contributed by atoms with Crippen molar-refractivity contribution >= 4 is 0 Å². The Hall–Kier alpha value is -5.05. The largest absolute Gasteiger partial charge is 0.392 e. The Kier molecular flexibility index (Phi) is 16.7. The van der Waals surface area contributed by atoms with Gasteiger partial charge in [0.25, 0.3) is 0 Å². The minimum absolute atomic E-state index is 0.143. The first-order valence-electron chi connectivity index (χ1n) is 16.8. The predicted molar refractivity (Wildman–Crippen MR) is 206 cm³/mol. The van der Waals surface area contributed by atoms with Crippen molar-refractivity contribution in [1.29, 1.82) is 0 Å². The van der Waals surface area contributed by atoms with Gasteiger partial charge in [-0.25, -0.2) is 0 Å². The molecule has 1 aliphatic heterocycles. The van der Waals surface area contributed by atoms with E-state index in [1.165, 1.54) is 40.1 Å². The fourth-order valence-electron chi connectivity index (χ4n) is 5.20. The minimum atomic E-state index is 0.143. The van der Waals surface area contributed by atoms with Crippen molar-refractivity contribution in [1.82, 2.24) is 36.2 Å². The van der Waals surface area contributed by atoms with Crippen LogP contribution in [0.2, 0.25) is 0 Å². The zero-order chi connectivity index (χ0) is 36.5. The number of nitrogens with one attached hydrogen (secondary N) is 3. The van der Waals surface area contributed by atoms with E-state index < -0.39 is 0 Å². The summed E-state index contributed by atoms with van der Waals surface area (Å²) in [5.41, 5.74) is 12.3. The average Bonchev–Trinajstić information content (AvgIpc) is 3.65. The van der Waals surface area contributed by atoms with Gasteiger partial charge in [-0.05, 0) is 86.1 Å². The number of hydrogen-bond acceptors (Lipinski definition) is 8. The number of nitrogens with zero attached hydrogens (tertiary/aromatic N) is 6. The number of aryl methyl sites for hydroxylation is 1. The normalized spacial score (nSPS) is 15.8. The van der Waals surface area contributed by atoms with Gasteiger partial charge in [-0.3, -0.25) is 0 Å². The molecule has 0 spiro atoms. The number of azo groups is 1. The molecule has 2 atom stereocenters. The van der Waals surface area contributed by atoms with Gasteiger partial charge in [0.2, 0.25) is 5.82 Å². The number of rotatable bonds is 12. The van der Waals surface area contributed by atoms with Gasteiger partial charge < -0.3 is 15.5 Å². The summed E-state index contributed by atoms with van der Waals surface area (Å²) in [5, 5.41) is 27.9. The van der Waals surface area contributed by atoms with Gasteiger partial charge in [0.05, 0.1) is 6.04 Å². The summed E-state index contributed by atoms with van der Waals surface area (Å²) in [6.07, 6.45) is 16.8. The van der Waals surface area contributed by atoms with Crippen LogP contribution in [0, 0.1) is 12.8 Å². The monoisotopic (exact) mass is 663 g/mol. The minimum Gasteiger partial charge on any atom is -0.392 e. The fraction of sp³-hybridized carbons (Fsp3) is 0.375. The molecule has 9 heteroatoms. The first kappa shape index (κ1) is 40.1. The molecular formula is C40H57N9. The first-order chi connectivity index (χ1) is 23.3. The molecule has 2 heterocycles. The van der Waals surface area contributed by atoms with Gasteiger partial charge in [-0.1, -0.05) is 87.7 Å². The van der Waals surface area contributed by atoms with Crippen molar-refractivity contribution in [3.63, 3.8) is 0 Å². The highest BCUT2D eigenvalue weighted by Crippen LogP contribution is 2.33. The zero-order valence-electron chi connectivity index (χ0n) is 31.2. The van der Waals surface area contributed by atoms with E-state index in [4.69, 9.17) is 0 Å². The van der Waals surface area contributed by atoms with Crippen LogP contribution in [0.15, 0.2) is 136 Å². The highest BCUT2D eigenvalue weighted by atomic mass is 15.5. The third-order valence-electron chi connectivity index (χ3n) is 8.17. The Morgan fingerprint density at radius 2 is 1.86 bits per heavy atom. The molecule has 2 aromatic rings. The predicted octanol–water partition coefficient (Wildman–Crippen LogP) is 9.59. The number of benzene rings is 1. The maximum atomic E-state index is 4.18. The Morgan fingerprint density at radius 1 is 1.14 bits per heavy atom. The second kappa shape index (κ2) is 20.3. The van der Waals surface area contributed by atoms with Gasteiger partial charge >= 0.3 is 0 Å². The summed E-state index contributed by atoms with van der Waals surface area (Å²) >= 11 is 0. The molecule has 2 aliphatic rings. The number of H-pyrrole nitrogens is 1.